The highest BCUT2D eigenvalue weighted by Crippen LogP contribution is 2.29. The number of anilines is 1. The van der Waals surface area contributed by atoms with E-state index in [9.17, 15) is 9.90 Å². The van der Waals surface area contributed by atoms with Gasteiger partial charge in [-0.15, -0.1) is 11.3 Å². The fourth-order valence-corrected chi connectivity index (χ4v) is 3.94. The van der Waals surface area contributed by atoms with Crippen LogP contribution >= 0.6 is 11.3 Å². The number of ketones is 1. The number of aryl methyl sites for hydroxylation is 1. The minimum atomic E-state index is -0.0329. The van der Waals surface area contributed by atoms with Gasteiger partial charge in [-0.1, -0.05) is 6.92 Å². The highest BCUT2D eigenvalue weighted by atomic mass is 32.1. The van der Waals surface area contributed by atoms with E-state index in [0.29, 0.717) is 17.3 Å². The zero-order valence-electron chi connectivity index (χ0n) is 13.2. The van der Waals surface area contributed by atoms with Crippen LogP contribution in [0.25, 0.3) is 0 Å². The maximum Gasteiger partial charge on any atom is 0.208 e. The first kappa shape index (κ1) is 16.1. The zero-order chi connectivity index (χ0) is 16.2. The number of aliphatic hydroxyl groups is 1. The number of carbonyl (C=O) groups is 1. The van der Waals surface area contributed by atoms with Gasteiger partial charge in [0.15, 0.2) is 0 Å². The summed E-state index contributed by atoms with van der Waals surface area (Å²) in [7, 11) is 0. The average molecular weight is 331 g/mol. The maximum atomic E-state index is 12.7. The van der Waals surface area contributed by atoms with Gasteiger partial charge in [-0.2, -0.15) is 0 Å². The van der Waals surface area contributed by atoms with Crippen molar-refractivity contribution in [2.75, 3.05) is 11.9 Å². The van der Waals surface area contributed by atoms with Crippen molar-refractivity contribution in [3.05, 3.63) is 40.0 Å². The number of nitrogens with zero attached hydrogens (tertiary/aromatic N) is 2. The molecule has 0 aliphatic heterocycles. The highest BCUT2D eigenvalue weighted by molar-refractivity contribution is 7.12. The van der Waals surface area contributed by atoms with Crippen molar-refractivity contribution in [1.82, 2.24) is 9.97 Å². The lowest BCUT2D eigenvalue weighted by Crippen LogP contribution is -2.19. The summed E-state index contributed by atoms with van der Waals surface area (Å²) in [5, 5.41) is 14.6. The summed E-state index contributed by atoms with van der Waals surface area (Å²) in [5.41, 5.74) is 1.69. The third-order valence-electron chi connectivity index (χ3n) is 4.38. The van der Waals surface area contributed by atoms with Gasteiger partial charge in [0.2, 0.25) is 5.78 Å². The van der Waals surface area contributed by atoms with Crippen LogP contribution in [0.1, 0.15) is 47.0 Å². The Bertz CT molecular complexity index is 686. The van der Waals surface area contributed by atoms with E-state index in [1.54, 1.807) is 6.20 Å². The third-order valence-corrected chi connectivity index (χ3v) is 5.36. The Balaban J connectivity index is 1.79. The minimum absolute atomic E-state index is 0.0329. The molecule has 0 saturated heterocycles. The van der Waals surface area contributed by atoms with Crippen LogP contribution in [0.2, 0.25) is 0 Å². The molecule has 122 valence electrons. The molecular formula is C17H21N3O2S. The Kier molecular flexibility index (Phi) is 5.03. The molecule has 1 fully saturated rings. The molecule has 5 nitrogen and oxygen atoms in total. The fraction of sp³-hybridized carbons (Fsp3) is 0.471. The van der Waals surface area contributed by atoms with Crippen molar-refractivity contribution in [2.45, 2.75) is 38.6 Å². The number of nitrogens with one attached hydrogen (secondary N) is 1. The Hall–Kier alpha value is -1.79. The first-order valence-corrected chi connectivity index (χ1v) is 8.88. The zero-order valence-corrected chi connectivity index (χ0v) is 14.0. The van der Waals surface area contributed by atoms with Gasteiger partial charge in [-0.25, -0.2) is 9.97 Å². The summed E-state index contributed by atoms with van der Waals surface area (Å²) in [6.07, 6.45) is 6.87. The fourth-order valence-electron chi connectivity index (χ4n) is 2.99. The molecular weight excluding hydrogens is 310 g/mol. The first-order valence-electron chi connectivity index (χ1n) is 8.00. The van der Waals surface area contributed by atoms with Crippen LogP contribution < -0.4 is 5.32 Å². The van der Waals surface area contributed by atoms with Crippen LogP contribution in [0.4, 0.5) is 5.82 Å². The summed E-state index contributed by atoms with van der Waals surface area (Å²) in [6, 6.07) is 2.20. The normalized spacial score (nSPS) is 20.6. The van der Waals surface area contributed by atoms with Crippen LogP contribution in [0.5, 0.6) is 0 Å². The van der Waals surface area contributed by atoms with Gasteiger partial charge in [0, 0.05) is 18.8 Å². The van der Waals surface area contributed by atoms with E-state index in [-0.39, 0.29) is 18.4 Å². The van der Waals surface area contributed by atoms with E-state index in [0.717, 1.165) is 30.6 Å². The molecule has 23 heavy (non-hydrogen) atoms. The topological polar surface area (TPSA) is 75.1 Å². The summed E-state index contributed by atoms with van der Waals surface area (Å²) < 4.78 is 0. The number of thiophene rings is 1. The van der Waals surface area contributed by atoms with Gasteiger partial charge in [-0.05, 0) is 48.6 Å². The number of aromatic nitrogens is 2. The number of carbonyl (C=O) groups excluding carboxylic acids is 1. The van der Waals surface area contributed by atoms with Gasteiger partial charge >= 0.3 is 0 Å². The van der Waals surface area contributed by atoms with Crippen molar-refractivity contribution in [3.8, 4) is 0 Å². The average Bonchev–Trinajstić information content (AvgIpc) is 3.23. The van der Waals surface area contributed by atoms with Gasteiger partial charge in [0.05, 0.1) is 10.4 Å². The Morgan fingerprint density at radius 3 is 3.04 bits per heavy atom. The summed E-state index contributed by atoms with van der Waals surface area (Å²) in [6.45, 7) is 2.30. The molecule has 1 saturated carbocycles. The molecule has 0 spiro atoms. The Labute approximate surface area is 139 Å². The second kappa shape index (κ2) is 7.19. The van der Waals surface area contributed by atoms with Crippen molar-refractivity contribution in [2.24, 2.45) is 5.92 Å². The molecule has 0 radical (unpaired) electrons. The molecule has 3 rings (SSSR count). The van der Waals surface area contributed by atoms with Crippen LogP contribution in [-0.4, -0.2) is 33.5 Å². The number of rotatable bonds is 6. The standard InChI is InChI=1S/C17H21N3O2S/c1-2-11-6-15(23-9-11)16(22)14-7-18-10-19-17(14)20-13-4-3-12(5-13)8-21/h6-7,9-10,12-13,21H,2-5,8H2,1H3,(H,18,19,20). The smallest absolute Gasteiger partial charge is 0.208 e. The van der Waals surface area contributed by atoms with E-state index in [1.165, 1.54) is 23.2 Å². The van der Waals surface area contributed by atoms with Crippen LogP contribution in [0, 0.1) is 5.92 Å². The molecule has 2 atom stereocenters. The Morgan fingerprint density at radius 2 is 2.35 bits per heavy atom. The SMILES string of the molecule is CCc1csc(C(=O)c2cncnc2NC2CCC(CO)C2)c1. The molecule has 0 amide bonds. The predicted molar refractivity (Wildman–Crippen MR) is 91.0 cm³/mol. The second-order valence-electron chi connectivity index (χ2n) is 5.99. The molecule has 2 aromatic heterocycles. The quantitative estimate of drug-likeness (QED) is 0.796. The van der Waals surface area contributed by atoms with E-state index in [4.69, 9.17) is 0 Å². The minimum Gasteiger partial charge on any atom is -0.396 e. The summed E-state index contributed by atoms with van der Waals surface area (Å²) >= 11 is 1.47. The van der Waals surface area contributed by atoms with Gasteiger partial charge in [-0.3, -0.25) is 4.79 Å². The van der Waals surface area contributed by atoms with E-state index in [1.807, 2.05) is 11.4 Å². The lowest BCUT2D eigenvalue weighted by atomic mass is 10.1. The number of hydrogen-bond acceptors (Lipinski definition) is 6. The summed E-state index contributed by atoms with van der Waals surface area (Å²) in [5.74, 6) is 0.910. The predicted octanol–water partition coefficient (Wildman–Crippen LogP) is 2.90. The molecule has 1 aliphatic carbocycles. The maximum absolute atomic E-state index is 12.7. The molecule has 2 aromatic rings. The van der Waals surface area contributed by atoms with Gasteiger partial charge in [0.1, 0.15) is 12.1 Å². The third kappa shape index (κ3) is 3.59. The number of hydrogen-bond donors (Lipinski definition) is 2. The van der Waals surface area contributed by atoms with Crippen molar-refractivity contribution in [1.29, 1.82) is 0 Å². The molecule has 2 heterocycles. The molecule has 0 aromatic carbocycles. The van der Waals surface area contributed by atoms with Crippen LogP contribution in [0.3, 0.4) is 0 Å². The van der Waals surface area contributed by atoms with E-state index in [2.05, 4.69) is 22.2 Å². The first-order chi connectivity index (χ1) is 11.2. The lowest BCUT2D eigenvalue weighted by Gasteiger charge is -2.15. The van der Waals surface area contributed by atoms with Crippen molar-refractivity contribution < 1.29 is 9.90 Å². The van der Waals surface area contributed by atoms with Crippen molar-refractivity contribution in [3.63, 3.8) is 0 Å². The largest absolute Gasteiger partial charge is 0.396 e. The van der Waals surface area contributed by atoms with Gasteiger partial charge < -0.3 is 10.4 Å². The molecule has 0 bridgehead atoms. The second-order valence-corrected chi connectivity index (χ2v) is 6.90. The van der Waals surface area contributed by atoms with Crippen LogP contribution in [-0.2, 0) is 6.42 Å². The number of aliphatic hydroxyl groups excluding tert-OH is 1. The summed E-state index contributed by atoms with van der Waals surface area (Å²) in [4.78, 5) is 21.7. The highest BCUT2D eigenvalue weighted by Gasteiger charge is 2.26. The van der Waals surface area contributed by atoms with Gasteiger partial charge in [0.25, 0.3) is 0 Å². The molecule has 1 aliphatic rings. The van der Waals surface area contributed by atoms with Crippen LogP contribution in [0.15, 0.2) is 24.0 Å². The lowest BCUT2D eigenvalue weighted by molar-refractivity contribution is 0.104. The Morgan fingerprint density at radius 1 is 1.48 bits per heavy atom. The molecule has 2 N–H and O–H groups in total. The molecule has 6 heteroatoms. The monoisotopic (exact) mass is 331 g/mol. The van der Waals surface area contributed by atoms with E-state index < -0.39 is 0 Å². The van der Waals surface area contributed by atoms with Crippen molar-refractivity contribution >= 4 is 22.9 Å². The van der Waals surface area contributed by atoms with E-state index >= 15 is 0 Å². The molecule has 2 unspecified atom stereocenters.